The molecular weight excluding hydrogens is 362 g/mol. The van der Waals surface area contributed by atoms with Crippen LogP contribution in [-0.4, -0.2) is 25.2 Å². The van der Waals surface area contributed by atoms with Crippen LogP contribution in [0.2, 0.25) is 0 Å². The van der Waals surface area contributed by atoms with Crippen molar-refractivity contribution in [2.75, 3.05) is 0 Å². The normalized spacial score (nSPS) is 11.7. The fourth-order valence-corrected chi connectivity index (χ4v) is 4.34. The molecule has 0 unspecified atom stereocenters. The van der Waals surface area contributed by atoms with Gasteiger partial charge in [0.1, 0.15) is 5.82 Å². The highest BCUT2D eigenvalue weighted by molar-refractivity contribution is 6.09. The van der Waals surface area contributed by atoms with Crippen molar-refractivity contribution in [3.63, 3.8) is 0 Å². The second-order valence-corrected chi connectivity index (χ2v) is 7.18. The van der Waals surface area contributed by atoms with Crippen LogP contribution in [0.5, 0.6) is 0 Å². The fourth-order valence-electron chi connectivity index (χ4n) is 4.34. The summed E-state index contributed by atoms with van der Waals surface area (Å²) in [6.07, 6.45) is 0. The molecule has 29 heavy (non-hydrogen) atoms. The van der Waals surface area contributed by atoms with Crippen LogP contribution in [0, 0.1) is 0 Å². The molecule has 0 saturated heterocycles. The van der Waals surface area contributed by atoms with Gasteiger partial charge in [0.25, 0.3) is 0 Å². The van der Waals surface area contributed by atoms with Crippen molar-refractivity contribution in [3.8, 4) is 11.4 Å². The van der Waals surface area contributed by atoms with Gasteiger partial charge >= 0.3 is 5.97 Å². The van der Waals surface area contributed by atoms with Gasteiger partial charge in [-0.15, -0.1) is 0 Å². The van der Waals surface area contributed by atoms with Crippen LogP contribution in [-0.2, 0) is 13.1 Å². The summed E-state index contributed by atoms with van der Waals surface area (Å²) in [6.45, 7) is 5.91. The Kier molecular flexibility index (Phi) is 3.91. The van der Waals surface area contributed by atoms with Gasteiger partial charge in [0.05, 0.1) is 16.6 Å². The van der Waals surface area contributed by atoms with E-state index in [9.17, 15) is 9.90 Å². The first-order valence-corrected chi connectivity index (χ1v) is 9.87. The highest BCUT2D eigenvalue weighted by Gasteiger charge is 2.16. The number of carbonyl (C=O) groups is 1. The first-order chi connectivity index (χ1) is 14.1. The van der Waals surface area contributed by atoms with Gasteiger partial charge in [-0.2, -0.15) is 0 Å². The summed E-state index contributed by atoms with van der Waals surface area (Å²) >= 11 is 0. The van der Waals surface area contributed by atoms with E-state index in [0.29, 0.717) is 5.52 Å². The Balaban J connectivity index is 1.78. The van der Waals surface area contributed by atoms with E-state index in [1.807, 2.05) is 6.07 Å². The summed E-state index contributed by atoms with van der Waals surface area (Å²) in [5.41, 5.74) is 5.39. The van der Waals surface area contributed by atoms with Crippen LogP contribution in [0.1, 0.15) is 24.2 Å². The molecule has 5 aromatic rings. The van der Waals surface area contributed by atoms with Crippen LogP contribution >= 0.6 is 0 Å². The first-order valence-electron chi connectivity index (χ1n) is 9.87. The second-order valence-electron chi connectivity index (χ2n) is 7.18. The number of aryl methyl sites for hydroxylation is 2. The van der Waals surface area contributed by atoms with E-state index in [4.69, 9.17) is 4.98 Å². The molecule has 3 aromatic carbocycles. The molecule has 1 N–H and O–H groups in total. The number of carboxylic acids is 1. The van der Waals surface area contributed by atoms with Crippen molar-refractivity contribution < 1.29 is 9.90 Å². The first kappa shape index (κ1) is 17.5. The molecule has 0 saturated carbocycles. The molecule has 5 rings (SSSR count). The fraction of sp³-hybridized carbons (Fsp3) is 0.167. The van der Waals surface area contributed by atoms with Crippen molar-refractivity contribution in [1.29, 1.82) is 0 Å². The molecule has 0 amide bonds. The zero-order valence-corrected chi connectivity index (χ0v) is 16.4. The van der Waals surface area contributed by atoms with Crippen molar-refractivity contribution in [2.24, 2.45) is 0 Å². The Bertz CT molecular complexity index is 1410. The van der Waals surface area contributed by atoms with E-state index < -0.39 is 5.97 Å². The summed E-state index contributed by atoms with van der Waals surface area (Å²) in [4.78, 5) is 16.1. The highest BCUT2D eigenvalue weighted by Crippen LogP contribution is 2.33. The van der Waals surface area contributed by atoms with Crippen molar-refractivity contribution in [2.45, 2.75) is 26.9 Å². The molecule has 2 heterocycles. The summed E-state index contributed by atoms with van der Waals surface area (Å²) in [5.74, 6) is -0.0754. The lowest BCUT2D eigenvalue weighted by molar-refractivity contribution is 0.0697. The van der Waals surface area contributed by atoms with Gasteiger partial charge < -0.3 is 14.2 Å². The van der Waals surface area contributed by atoms with Crippen LogP contribution in [0.3, 0.4) is 0 Å². The number of benzene rings is 3. The molecule has 0 fully saturated rings. The van der Waals surface area contributed by atoms with Gasteiger partial charge in [-0.05, 0) is 56.3 Å². The van der Waals surface area contributed by atoms with Gasteiger partial charge in [0.15, 0.2) is 0 Å². The van der Waals surface area contributed by atoms with Gasteiger partial charge in [0.2, 0.25) is 0 Å². The maximum atomic E-state index is 11.3. The molecule has 0 spiro atoms. The average Bonchev–Trinajstić information content (AvgIpc) is 3.27. The lowest BCUT2D eigenvalue weighted by Gasteiger charge is -2.07. The number of aromatic carboxylic acids is 1. The Labute approximate surface area is 167 Å². The number of carboxylic acid groups (broad SMARTS) is 1. The molecule has 0 aliphatic carbocycles. The average molecular weight is 383 g/mol. The Morgan fingerprint density at radius 3 is 2.34 bits per heavy atom. The van der Waals surface area contributed by atoms with Crippen molar-refractivity contribution in [3.05, 3.63) is 66.2 Å². The maximum Gasteiger partial charge on any atom is 0.335 e. The third-order valence-electron chi connectivity index (χ3n) is 5.66. The number of fused-ring (bicyclic) bond motifs is 4. The van der Waals surface area contributed by atoms with E-state index in [-0.39, 0.29) is 5.56 Å². The molecule has 5 heteroatoms. The number of rotatable bonds is 4. The Morgan fingerprint density at radius 1 is 0.862 bits per heavy atom. The van der Waals surface area contributed by atoms with E-state index in [0.717, 1.165) is 30.0 Å². The largest absolute Gasteiger partial charge is 0.478 e. The van der Waals surface area contributed by atoms with Crippen molar-refractivity contribution in [1.82, 2.24) is 14.1 Å². The van der Waals surface area contributed by atoms with Crippen LogP contribution in [0.25, 0.3) is 44.2 Å². The van der Waals surface area contributed by atoms with E-state index in [1.165, 1.54) is 21.8 Å². The number of hydrogen-bond donors (Lipinski definition) is 1. The molecule has 0 radical (unpaired) electrons. The van der Waals surface area contributed by atoms with Crippen molar-refractivity contribution >= 4 is 38.8 Å². The van der Waals surface area contributed by atoms with Gasteiger partial charge in [-0.3, -0.25) is 0 Å². The summed E-state index contributed by atoms with van der Waals surface area (Å²) in [5, 5.41) is 11.7. The monoisotopic (exact) mass is 383 g/mol. The van der Waals surface area contributed by atoms with E-state index in [2.05, 4.69) is 65.4 Å². The van der Waals surface area contributed by atoms with Gasteiger partial charge in [-0.1, -0.05) is 18.2 Å². The summed E-state index contributed by atoms with van der Waals surface area (Å²) < 4.78 is 4.47. The highest BCUT2D eigenvalue weighted by atomic mass is 16.4. The zero-order valence-electron chi connectivity index (χ0n) is 16.4. The second kappa shape index (κ2) is 6.48. The molecule has 0 aliphatic rings. The minimum absolute atomic E-state index is 0.256. The smallest absolute Gasteiger partial charge is 0.335 e. The van der Waals surface area contributed by atoms with Crippen LogP contribution < -0.4 is 0 Å². The van der Waals surface area contributed by atoms with E-state index in [1.54, 1.807) is 12.1 Å². The quantitative estimate of drug-likeness (QED) is 0.443. The van der Waals surface area contributed by atoms with Gasteiger partial charge in [-0.25, -0.2) is 9.78 Å². The third kappa shape index (κ3) is 2.54. The standard InChI is InChI=1S/C24H21N3O2/c1-3-26-20-8-6-5-7-17(20)18-13-15(9-11-21(18)26)23-25-19-14-16(24(28)29)10-12-22(19)27(23)4-2/h5-14H,3-4H2,1-2H3,(H,28,29). The number of hydrogen-bond acceptors (Lipinski definition) is 2. The lowest BCUT2D eigenvalue weighted by atomic mass is 10.1. The molecule has 0 bridgehead atoms. The molecule has 0 aliphatic heterocycles. The number of para-hydroxylation sites is 1. The zero-order chi connectivity index (χ0) is 20.1. The Hall–Kier alpha value is -3.60. The SMILES string of the molecule is CCn1c(-c2ccc3c(c2)c2ccccc2n3CC)nc2cc(C(=O)O)ccc21. The van der Waals surface area contributed by atoms with Crippen LogP contribution in [0.15, 0.2) is 60.7 Å². The molecule has 2 aromatic heterocycles. The lowest BCUT2D eigenvalue weighted by Crippen LogP contribution is -1.98. The number of imidazole rings is 1. The predicted molar refractivity (Wildman–Crippen MR) is 116 cm³/mol. The Morgan fingerprint density at radius 2 is 1.59 bits per heavy atom. The minimum atomic E-state index is -0.937. The maximum absolute atomic E-state index is 11.3. The molecule has 0 atom stereocenters. The molecular formula is C24H21N3O2. The number of nitrogens with zero attached hydrogens (tertiary/aromatic N) is 3. The van der Waals surface area contributed by atoms with Crippen LogP contribution in [0.4, 0.5) is 0 Å². The summed E-state index contributed by atoms with van der Waals surface area (Å²) in [7, 11) is 0. The minimum Gasteiger partial charge on any atom is -0.478 e. The van der Waals surface area contributed by atoms with E-state index >= 15 is 0 Å². The summed E-state index contributed by atoms with van der Waals surface area (Å²) in [6, 6.07) is 20.1. The molecule has 5 nitrogen and oxygen atoms in total. The topological polar surface area (TPSA) is 60.0 Å². The van der Waals surface area contributed by atoms with Gasteiger partial charge in [0, 0.05) is 40.5 Å². The number of aromatic nitrogens is 3. The third-order valence-corrected chi connectivity index (χ3v) is 5.66. The predicted octanol–water partition coefficient (Wildman–Crippen LogP) is 5.55. The molecule has 144 valence electrons.